The maximum atomic E-state index is 13.6. The first-order valence-electron chi connectivity index (χ1n) is 13.6. The molecule has 0 radical (unpaired) electrons. The van der Waals surface area contributed by atoms with E-state index in [0.29, 0.717) is 50.3 Å². The summed E-state index contributed by atoms with van der Waals surface area (Å²) < 4.78 is 10.4. The van der Waals surface area contributed by atoms with E-state index in [1.807, 2.05) is 30.3 Å². The predicted octanol–water partition coefficient (Wildman–Crippen LogP) is 4.46. The minimum absolute atomic E-state index is 0.0297. The van der Waals surface area contributed by atoms with Crippen LogP contribution in [0.4, 0.5) is 0 Å². The molecule has 222 valence electrons. The quantitative estimate of drug-likeness (QED) is 0.407. The van der Waals surface area contributed by atoms with Crippen molar-refractivity contribution in [2.75, 3.05) is 40.4 Å². The molecule has 2 aromatic carbocycles. The van der Waals surface area contributed by atoms with Crippen LogP contribution in [-0.2, 0) is 35.1 Å². The van der Waals surface area contributed by atoms with Crippen LogP contribution < -0.4 is 0 Å². The van der Waals surface area contributed by atoms with Gasteiger partial charge >= 0.3 is 11.9 Å². The van der Waals surface area contributed by atoms with E-state index in [9.17, 15) is 19.2 Å². The maximum Gasteiger partial charge on any atom is 0.336 e. The summed E-state index contributed by atoms with van der Waals surface area (Å²) in [6.45, 7) is 3.04. The molecule has 42 heavy (non-hydrogen) atoms. The molecular formula is C31H33Cl2N3O6. The summed E-state index contributed by atoms with van der Waals surface area (Å²) in [6.07, 6.45) is 0.690. The second kappa shape index (κ2) is 14.0. The van der Waals surface area contributed by atoms with E-state index in [-0.39, 0.29) is 39.6 Å². The Morgan fingerprint density at radius 3 is 2.05 bits per heavy atom. The van der Waals surface area contributed by atoms with Gasteiger partial charge in [0.2, 0.25) is 11.8 Å². The lowest BCUT2D eigenvalue weighted by Gasteiger charge is -2.36. The molecule has 0 N–H and O–H groups in total. The number of piperazine rings is 1. The Bertz CT molecular complexity index is 1400. The summed E-state index contributed by atoms with van der Waals surface area (Å²) in [4.78, 5) is 60.3. The van der Waals surface area contributed by atoms with Gasteiger partial charge in [0.25, 0.3) is 0 Å². The monoisotopic (exact) mass is 613 g/mol. The summed E-state index contributed by atoms with van der Waals surface area (Å²) in [5.74, 6) is -3.72. The number of methoxy groups -OCH3 is 2. The van der Waals surface area contributed by atoms with Crippen LogP contribution in [0.2, 0.25) is 10.0 Å². The minimum atomic E-state index is -1.04. The number of esters is 2. The van der Waals surface area contributed by atoms with Crippen molar-refractivity contribution in [3.8, 4) is 0 Å². The molecule has 0 spiro atoms. The van der Waals surface area contributed by atoms with Crippen LogP contribution in [0.3, 0.4) is 0 Å². The molecule has 2 heterocycles. The fourth-order valence-electron chi connectivity index (χ4n) is 5.50. The number of halogens is 2. The molecule has 0 bridgehead atoms. The highest BCUT2D eigenvalue weighted by molar-refractivity contribution is 6.36. The lowest BCUT2D eigenvalue weighted by molar-refractivity contribution is -0.143. The van der Waals surface area contributed by atoms with Gasteiger partial charge in [-0.15, -0.1) is 0 Å². The Balaban J connectivity index is 1.83. The molecule has 11 heteroatoms. The first kappa shape index (κ1) is 31.3. The molecule has 9 nitrogen and oxygen atoms in total. The Hall–Kier alpha value is -3.69. The highest BCUT2D eigenvalue weighted by atomic mass is 35.5. The number of hydrogen-bond acceptors (Lipinski definition) is 7. The standard InChI is InChI=1S/C31H33Cl2N3O6/c1-19(37)35-14-16-36(17-15-35)25(38)18-24-28(31(40)42-3)29(26-21(32)10-7-11-22(26)33)27(30(39)41-2)23(34-24)13-12-20-8-5-4-6-9-20/h4-11,27,29H,12-18H2,1-3H3. The van der Waals surface area contributed by atoms with E-state index < -0.39 is 23.8 Å². The number of carbonyl (C=O) groups excluding carboxylic acids is 4. The van der Waals surface area contributed by atoms with Crippen LogP contribution in [0.25, 0.3) is 0 Å². The molecule has 2 aliphatic heterocycles. The van der Waals surface area contributed by atoms with Gasteiger partial charge in [0.15, 0.2) is 0 Å². The SMILES string of the molecule is COC(=O)C1=C(CC(=O)N2CCN(C(C)=O)CC2)N=C(CCc2ccccc2)C(C(=O)OC)C1c1c(Cl)cccc1Cl. The zero-order valence-corrected chi connectivity index (χ0v) is 25.3. The topological polar surface area (TPSA) is 106 Å². The summed E-state index contributed by atoms with van der Waals surface area (Å²) in [7, 11) is 2.49. The minimum Gasteiger partial charge on any atom is -0.468 e. The highest BCUT2D eigenvalue weighted by Crippen LogP contribution is 2.46. The molecule has 2 atom stereocenters. The maximum absolute atomic E-state index is 13.6. The Labute approximate surface area is 255 Å². The van der Waals surface area contributed by atoms with Crippen molar-refractivity contribution in [3.05, 3.63) is 81.0 Å². The number of nitrogens with zero attached hydrogens (tertiary/aromatic N) is 3. The number of amides is 2. The third-order valence-corrected chi connectivity index (χ3v) is 8.33. The van der Waals surface area contributed by atoms with Crippen molar-refractivity contribution >= 4 is 52.7 Å². The van der Waals surface area contributed by atoms with Gasteiger partial charge in [0, 0.05) is 54.8 Å². The summed E-state index contributed by atoms with van der Waals surface area (Å²) >= 11 is 13.3. The van der Waals surface area contributed by atoms with E-state index >= 15 is 0 Å². The first-order valence-corrected chi connectivity index (χ1v) is 14.4. The number of hydrogen-bond donors (Lipinski definition) is 0. The molecular weight excluding hydrogens is 581 g/mol. The predicted molar refractivity (Wildman–Crippen MR) is 159 cm³/mol. The number of aliphatic imine (C=N–C) groups is 1. The normalized spacial score (nSPS) is 18.8. The van der Waals surface area contributed by atoms with Gasteiger partial charge in [-0.3, -0.25) is 19.4 Å². The van der Waals surface area contributed by atoms with Gasteiger partial charge in [-0.2, -0.15) is 0 Å². The molecule has 4 rings (SSSR count). The van der Waals surface area contributed by atoms with Crippen LogP contribution in [0.15, 0.2) is 64.8 Å². The van der Waals surface area contributed by atoms with E-state index in [0.717, 1.165) is 5.56 Å². The smallest absolute Gasteiger partial charge is 0.336 e. The van der Waals surface area contributed by atoms with Crippen molar-refractivity contribution in [2.24, 2.45) is 10.9 Å². The van der Waals surface area contributed by atoms with Crippen molar-refractivity contribution in [1.29, 1.82) is 0 Å². The van der Waals surface area contributed by atoms with Gasteiger partial charge in [0.05, 0.1) is 31.9 Å². The van der Waals surface area contributed by atoms with Crippen molar-refractivity contribution < 1.29 is 28.7 Å². The largest absolute Gasteiger partial charge is 0.468 e. The average molecular weight is 615 g/mol. The zero-order chi connectivity index (χ0) is 30.4. The molecule has 2 aliphatic rings. The fraction of sp³-hybridized carbons (Fsp3) is 0.387. The molecule has 1 saturated heterocycles. The molecule has 2 aromatic rings. The Morgan fingerprint density at radius 1 is 0.857 bits per heavy atom. The highest BCUT2D eigenvalue weighted by Gasteiger charge is 2.46. The summed E-state index contributed by atoms with van der Waals surface area (Å²) in [5, 5.41) is 0.497. The number of benzene rings is 2. The third-order valence-electron chi connectivity index (χ3n) is 7.67. The van der Waals surface area contributed by atoms with Crippen LogP contribution in [-0.4, -0.2) is 79.7 Å². The third kappa shape index (κ3) is 6.85. The van der Waals surface area contributed by atoms with Gasteiger partial charge in [-0.25, -0.2) is 4.79 Å². The van der Waals surface area contributed by atoms with Crippen molar-refractivity contribution in [1.82, 2.24) is 9.80 Å². The second-order valence-electron chi connectivity index (χ2n) is 10.1. The van der Waals surface area contributed by atoms with Crippen LogP contribution in [0.5, 0.6) is 0 Å². The lowest BCUT2D eigenvalue weighted by Crippen LogP contribution is -2.50. The van der Waals surface area contributed by atoms with Crippen molar-refractivity contribution in [3.63, 3.8) is 0 Å². The van der Waals surface area contributed by atoms with E-state index in [1.165, 1.54) is 21.1 Å². The van der Waals surface area contributed by atoms with E-state index in [4.69, 9.17) is 37.7 Å². The van der Waals surface area contributed by atoms with Gasteiger partial charge in [0.1, 0.15) is 5.92 Å². The summed E-state index contributed by atoms with van der Waals surface area (Å²) in [5.41, 5.74) is 2.04. The van der Waals surface area contributed by atoms with Crippen LogP contribution in [0.1, 0.15) is 36.8 Å². The fourth-order valence-corrected chi connectivity index (χ4v) is 6.14. The Morgan fingerprint density at radius 2 is 1.48 bits per heavy atom. The number of aryl methyl sites for hydroxylation is 1. The van der Waals surface area contributed by atoms with Crippen LogP contribution in [0, 0.1) is 5.92 Å². The van der Waals surface area contributed by atoms with Crippen molar-refractivity contribution in [2.45, 2.75) is 32.1 Å². The summed E-state index contributed by atoms with van der Waals surface area (Å²) in [6, 6.07) is 14.6. The molecule has 1 fully saturated rings. The zero-order valence-electron chi connectivity index (χ0n) is 23.8. The number of ether oxygens (including phenoxy) is 2. The van der Waals surface area contributed by atoms with E-state index in [1.54, 1.807) is 28.0 Å². The van der Waals surface area contributed by atoms with Gasteiger partial charge < -0.3 is 19.3 Å². The molecule has 2 unspecified atom stereocenters. The first-order chi connectivity index (χ1) is 20.2. The Kier molecular flexibility index (Phi) is 10.4. The van der Waals surface area contributed by atoms with Gasteiger partial charge in [-0.1, -0.05) is 59.6 Å². The number of rotatable bonds is 8. The number of carbonyl (C=O) groups is 4. The molecule has 2 amide bonds. The second-order valence-corrected chi connectivity index (χ2v) is 10.9. The van der Waals surface area contributed by atoms with Gasteiger partial charge in [-0.05, 0) is 36.1 Å². The van der Waals surface area contributed by atoms with E-state index in [2.05, 4.69) is 0 Å². The lowest BCUT2D eigenvalue weighted by atomic mass is 9.73. The molecule has 0 aromatic heterocycles. The molecule has 0 aliphatic carbocycles. The van der Waals surface area contributed by atoms with Crippen LogP contribution >= 0.6 is 23.2 Å². The molecule has 0 saturated carbocycles. The average Bonchev–Trinajstić information content (AvgIpc) is 2.99.